The number of hydrogen-bond acceptors (Lipinski definition) is 4. The van der Waals surface area contributed by atoms with Crippen molar-refractivity contribution in [3.63, 3.8) is 0 Å². The lowest BCUT2D eigenvalue weighted by atomic mass is 10.3. The standard InChI is InChI=1S/C12H22N2O3/c1-3-4-7-17-11(15)8-13-9(2)12(16)14-10-5-6-10/h9-10,13H,3-8H2,1-2H3,(H,14,16). The van der Waals surface area contributed by atoms with E-state index in [-0.39, 0.29) is 24.5 Å². The lowest BCUT2D eigenvalue weighted by Gasteiger charge is -2.13. The van der Waals surface area contributed by atoms with Gasteiger partial charge in [0.15, 0.2) is 0 Å². The maximum Gasteiger partial charge on any atom is 0.319 e. The summed E-state index contributed by atoms with van der Waals surface area (Å²) >= 11 is 0. The molecule has 0 aromatic heterocycles. The summed E-state index contributed by atoms with van der Waals surface area (Å²) in [5, 5.41) is 5.73. The van der Waals surface area contributed by atoms with Gasteiger partial charge in [-0.2, -0.15) is 0 Å². The van der Waals surface area contributed by atoms with E-state index in [1.54, 1.807) is 6.92 Å². The van der Waals surface area contributed by atoms with Gasteiger partial charge in [-0.05, 0) is 26.2 Å². The van der Waals surface area contributed by atoms with E-state index in [1.807, 2.05) is 6.92 Å². The highest BCUT2D eigenvalue weighted by molar-refractivity contribution is 5.82. The van der Waals surface area contributed by atoms with Crippen molar-refractivity contribution in [1.29, 1.82) is 0 Å². The molecular formula is C12H22N2O3. The van der Waals surface area contributed by atoms with E-state index in [2.05, 4.69) is 10.6 Å². The van der Waals surface area contributed by atoms with Crippen molar-refractivity contribution in [2.45, 2.75) is 51.6 Å². The molecule has 0 bridgehead atoms. The van der Waals surface area contributed by atoms with Crippen molar-refractivity contribution < 1.29 is 14.3 Å². The van der Waals surface area contributed by atoms with E-state index < -0.39 is 0 Å². The number of amides is 1. The summed E-state index contributed by atoms with van der Waals surface area (Å²) < 4.78 is 4.97. The molecule has 1 amide bonds. The molecule has 17 heavy (non-hydrogen) atoms. The molecule has 0 aliphatic heterocycles. The number of rotatable bonds is 8. The molecule has 1 saturated carbocycles. The third kappa shape index (κ3) is 6.26. The predicted octanol–water partition coefficient (Wildman–Crippen LogP) is 0.586. The first-order valence-corrected chi connectivity index (χ1v) is 6.33. The molecule has 0 heterocycles. The molecule has 98 valence electrons. The van der Waals surface area contributed by atoms with Gasteiger partial charge in [0, 0.05) is 6.04 Å². The van der Waals surface area contributed by atoms with Gasteiger partial charge in [-0.3, -0.25) is 14.9 Å². The largest absolute Gasteiger partial charge is 0.465 e. The van der Waals surface area contributed by atoms with Gasteiger partial charge in [0.1, 0.15) is 0 Å². The van der Waals surface area contributed by atoms with Gasteiger partial charge in [-0.1, -0.05) is 13.3 Å². The molecule has 1 aliphatic carbocycles. The van der Waals surface area contributed by atoms with Crippen LogP contribution < -0.4 is 10.6 Å². The molecule has 0 aromatic carbocycles. The summed E-state index contributed by atoms with van der Waals surface area (Å²) in [4.78, 5) is 22.8. The van der Waals surface area contributed by atoms with Crippen LogP contribution in [-0.2, 0) is 14.3 Å². The fourth-order valence-electron chi connectivity index (χ4n) is 1.26. The minimum Gasteiger partial charge on any atom is -0.465 e. The maximum atomic E-state index is 11.5. The van der Waals surface area contributed by atoms with Crippen molar-refractivity contribution in [3.05, 3.63) is 0 Å². The van der Waals surface area contributed by atoms with Crippen LogP contribution in [0.2, 0.25) is 0 Å². The highest BCUT2D eigenvalue weighted by atomic mass is 16.5. The first kappa shape index (κ1) is 14.0. The third-order valence-electron chi connectivity index (χ3n) is 2.63. The van der Waals surface area contributed by atoms with E-state index in [0.29, 0.717) is 12.6 Å². The molecule has 5 nitrogen and oxygen atoms in total. The predicted molar refractivity (Wildman–Crippen MR) is 64.5 cm³/mol. The van der Waals surface area contributed by atoms with Crippen LogP contribution in [0.15, 0.2) is 0 Å². The molecule has 1 aliphatic rings. The molecule has 1 atom stereocenters. The van der Waals surface area contributed by atoms with Crippen molar-refractivity contribution in [2.75, 3.05) is 13.2 Å². The van der Waals surface area contributed by atoms with Crippen LogP contribution in [0.1, 0.15) is 39.5 Å². The number of hydrogen-bond donors (Lipinski definition) is 2. The number of nitrogens with one attached hydrogen (secondary N) is 2. The van der Waals surface area contributed by atoms with Crippen LogP contribution in [0, 0.1) is 0 Å². The topological polar surface area (TPSA) is 67.4 Å². The van der Waals surface area contributed by atoms with Crippen LogP contribution in [0.4, 0.5) is 0 Å². The minimum absolute atomic E-state index is 0.0474. The van der Waals surface area contributed by atoms with Gasteiger partial charge in [-0.15, -0.1) is 0 Å². The van der Waals surface area contributed by atoms with Crippen LogP contribution in [0.3, 0.4) is 0 Å². The fourth-order valence-corrected chi connectivity index (χ4v) is 1.26. The Morgan fingerprint density at radius 1 is 1.41 bits per heavy atom. The zero-order chi connectivity index (χ0) is 12.7. The molecule has 0 aromatic rings. The smallest absolute Gasteiger partial charge is 0.319 e. The first-order chi connectivity index (χ1) is 8.13. The van der Waals surface area contributed by atoms with Gasteiger partial charge in [0.2, 0.25) is 5.91 Å². The Morgan fingerprint density at radius 3 is 2.71 bits per heavy atom. The molecule has 0 radical (unpaired) electrons. The Bertz CT molecular complexity index is 264. The van der Waals surface area contributed by atoms with Gasteiger partial charge in [-0.25, -0.2) is 0 Å². The van der Waals surface area contributed by atoms with Crippen molar-refractivity contribution in [3.8, 4) is 0 Å². The highest BCUT2D eigenvalue weighted by Gasteiger charge is 2.25. The number of ether oxygens (including phenoxy) is 1. The molecule has 1 unspecified atom stereocenters. The number of carbonyl (C=O) groups excluding carboxylic acids is 2. The minimum atomic E-state index is -0.352. The Balaban J connectivity index is 2.06. The van der Waals surface area contributed by atoms with Crippen LogP contribution in [-0.4, -0.2) is 37.1 Å². The molecular weight excluding hydrogens is 220 g/mol. The summed E-state index contributed by atoms with van der Waals surface area (Å²) in [6, 6.07) is -0.00224. The van der Waals surface area contributed by atoms with Crippen molar-refractivity contribution in [1.82, 2.24) is 10.6 Å². The second-order valence-electron chi connectivity index (χ2n) is 4.46. The molecule has 1 fully saturated rings. The molecule has 1 rings (SSSR count). The zero-order valence-electron chi connectivity index (χ0n) is 10.6. The SMILES string of the molecule is CCCCOC(=O)CNC(C)C(=O)NC1CC1. The zero-order valence-corrected chi connectivity index (χ0v) is 10.6. The summed E-state index contributed by atoms with van der Waals surface area (Å²) in [5.41, 5.74) is 0. The number of esters is 1. The summed E-state index contributed by atoms with van der Waals surface area (Å²) in [5.74, 6) is -0.349. The van der Waals surface area contributed by atoms with Crippen LogP contribution >= 0.6 is 0 Å². The van der Waals surface area contributed by atoms with Crippen molar-refractivity contribution in [2.24, 2.45) is 0 Å². The van der Waals surface area contributed by atoms with Crippen LogP contribution in [0.25, 0.3) is 0 Å². The molecule has 0 spiro atoms. The fraction of sp³-hybridized carbons (Fsp3) is 0.833. The van der Waals surface area contributed by atoms with Gasteiger partial charge in [0.25, 0.3) is 0 Å². The summed E-state index contributed by atoms with van der Waals surface area (Å²) in [6.45, 7) is 4.33. The average molecular weight is 242 g/mol. The Morgan fingerprint density at radius 2 is 2.12 bits per heavy atom. The Hall–Kier alpha value is -1.10. The number of carbonyl (C=O) groups is 2. The normalized spacial score (nSPS) is 16.4. The van der Waals surface area contributed by atoms with E-state index in [0.717, 1.165) is 25.7 Å². The maximum absolute atomic E-state index is 11.5. The van der Waals surface area contributed by atoms with Gasteiger partial charge < -0.3 is 10.1 Å². The summed E-state index contributed by atoms with van der Waals surface area (Å²) in [7, 11) is 0. The monoisotopic (exact) mass is 242 g/mol. The van der Waals surface area contributed by atoms with E-state index in [4.69, 9.17) is 4.74 Å². The third-order valence-corrected chi connectivity index (χ3v) is 2.63. The van der Waals surface area contributed by atoms with E-state index in [9.17, 15) is 9.59 Å². The van der Waals surface area contributed by atoms with Gasteiger partial charge >= 0.3 is 5.97 Å². The second kappa shape index (κ2) is 7.27. The first-order valence-electron chi connectivity index (χ1n) is 6.33. The molecule has 0 saturated heterocycles. The van der Waals surface area contributed by atoms with Crippen LogP contribution in [0.5, 0.6) is 0 Å². The highest BCUT2D eigenvalue weighted by Crippen LogP contribution is 2.18. The quantitative estimate of drug-likeness (QED) is 0.483. The second-order valence-corrected chi connectivity index (χ2v) is 4.46. The van der Waals surface area contributed by atoms with E-state index >= 15 is 0 Å². The van der Waals surface area contributed by atoms with Crippen molar-refractivity contribution >= 4 is 11.9 Å². The van der Waals surface area contributed by atoms with Gasteiger partial charge in [0.05, 0.1) is 19.2 Å². The number of unbranched alkanes of at least 4 members (excludes halogenated alkanes) is 1. The molecule has 2 N–H and O–H groups in total. The van der Waals surface area contributed by atoms with E-state index in [1.165, 1.54) is 0 Å². The lowest BCUT2D eigenvalue weighted by Crippen LogP contribution is -2.44. The Labute approximate surface area is 102 Å². The lowest BCUT2D eigenvalue weighted by molar-refractivity contribution is -0.142. The Kier molecular flexibility index (Phi) is 5.97. The molecule has 5 heteroatoms. The summed E-state index contributed by atoms with van der Waals surface area (Å²) in [6.07, 6.45) is 4.01. The average Bonchev–Trinajstić information content (AvgIpc) is 3.10.